The number of nitrogens with zero attached hydrogens (tertiary/aromatic N) is 2. The Kier molecular flexibility index (Phi) is 4.32. The molecule has 0 saturated heterocycles. The number of amides is 1. The number of anilines is 1. The van der Waals surface area contributed by atoms with Crippen molar-refractivity contribution < 1.29 is 13.6 Å². The van der Waals surface area contributed by atoms with Crippen molar-refractivity contribution in [3.8, 4) is 0 Å². The Morgan fingerprint density at radius 3 is 2.58 bits per heavy atom. The van der Waals surface area contributed by atoms with Crippen molar-refractivity contribution >= 4 is 33.5 Å². The van der Waals surface area contributed by atoms with E-state index >= 15 is 0 Å². The minimum Gasteiger partial charge on any atom is -0.767 e. The van der Waals surface area contributed by atoms with Crippen LogP contribution in [-0.4, -0.2) is 24.9 Å². The molecule has 3 N–H and O–H groups in total. The molecule has 0 aliphatic heterocycles. The molecule has 100 valence electrons. The van der Waals surface area contributed by atoms with E-state index in [1.54, 1.807) is 24.3 Å². The standard InChI is InChI=1S/C10H10N4O3S2/c11-5-6-1-3-7(4-2-6)8(15)12-9-13-14-10(18-9)19(16)17/h1-4H,5,11H2,(H,16,17)(H,12,13,15)/p-1. The second-order valence-electron chi connectivity index (χ2n) is 3.46. The summed E-state index contributed by atoms with van der Waals surface area (Å²) in [6.45, 7) is 0.400. The van der Waals surface area contributed by atoms with Crippen molar-refractivity contribution in [1.82, 2.24) is 10.2 Å². The number of aromatic nitrogens is 2. The molecule has 1 atom stereocenters. The molecule has 2 aromatic rings. The third kappa shape index (κ3) is 3.41. The van der Waals surface area contributed by atoms with Crippen LogP contribution >= 0.6 is 11.3 Å². The Labute approximate surface area is 115 Å². The van der Waals surface area contributed by atoms with E-state index in [2.05, 4.69) is 15.5 Å². The first-order valence-electron chi connectivity index (χ1n) is 5.13. The van der Waals surface area contributed by atoms with Crippen molar-refractivity contribution in [3.63, 3.8) is 0 Å². The first-order chi connectivity index (χ1) is 9.10. The number of hydrogen-bond donors (Lipinski definition) is 2. The first kappa shape index (κ1) is 13.7. The smallest absolute Gasteiger partial charge is 0.257 e. The molecule has 0 aliphatic carbocycles. The first-order valence-corrected chi connectivity index (χ1v) is 7.02. The highest BCUT2D eigenvalue weighted by Gasteiger charge is 2.10. The van der Waals surface area contributed by atoms with Crippen LogP contribution in [0.25, 0.3) is 0 Å². The summed E-state index contributed by atoms with van der Waals surface area (Å²) in [7, 11) is 0. The zero-order valence-electron chi connectivity index (χ0n) is 9.53. The van der Waals surface area contributed by atoms with Gasteiger partial charge in [0.1, 0.15) is 0 Å². The molecule has 1 unspecified atom stereocenters. The molecule has 0 fully saturated rings. The van der Waals surface area contributed by atoms with Crippen LogP contribution in [0.15, 0.2) is 28.6 Å². The zero-order chi connectivity index (χ0) is 13.8. The van der Waals surface area contributed by atoms with Gasteiger partial charge in [0.05, 0.1) is 0 Å². The van der Waals surface area contributed by atoms with Gasteiger partial charge in [0, 0.05) is 23.2 Å². The number of nitrogens with one attached hydrogen (secondary N) is 1. The second-order valence-corrected chi connectivity index (χ2v) is 5.56. The minimum absolute atomic E-state index is 0.132. The average Bonchev–Trinajstić information content (AvgIpc) is 2.87. The highest BCUT2D eigenvalue weighted by molar-refractivity contribution is 7.81. The van der Waals surface area contributed by atoms with Gasteiger partial charge in [0.2, 0.25) is 5.13 Å². The lowest BCUT2D eigenvalue weighted by molar-refractivity contribution is 0.102. The molecule has 19 heavy (non-hydrogen) atoms. The maximum Gasteiger partial charge on any atom is 0.257 e. The van der Waals surface area contributed by atoms with Crippen LogP contribution in [0.2, 0.25) is 0 Å². The van der Waals surface area contributed by atoms with E-state index in [1.807, 2.05) is 0 Å². The van der Waals surface area contributed by atoms with Crippen LogP contribution < -0.4 is 11.1 Å². The molecule has 0 saturated carbocycles. The third-order valence-electron chi connectivity index (χ3n) is 2.22. The molecule has 0 aliphatic rings. The Balaban J connectivity index is 2.08. The number of nitrogens with two attached hydrogens (primary N) is 1. The van der Waals surface area contributed by atoms with Crippen LogP contribution in [0.4, 0.5) is 5.13 Å². The summed E-state index contributed by atoms with van der Waals surface area (Å²) >= 11 is -1.66. The molecule has 1 aromatic carbocycles. The van der Waals surface area contributed by atoms with E-state index < -0.39 is 11.1 Å². The summed E-state index contributed by atoms with van der Waals surface area (Å²) in [6, 6.07) is 6.75. The van der Waals surface area contributed by atoms with Crippen molar-refractivity contribution in [2.75, 3.05) is 5.32 Å². The number of rotatable bonds is 4. The average molecular weight is 297 g/mol. The van der Waals surface area contributed by atoms with Crippen LogP contribution in [0.3, 0.4) is 0 Å². The lowest BCUT2D eigenvalue weighted by atomic mass is 10.1. The molecule has 7 nitrogen and oxygen atoms in total. The van der Waals surface area contributed by atoms with E-state index in [4.69, 9.17) is 5.73 Å². The van der Waals surface area contributed by atoms with Gasteiger partial charge < -0.3 is 10.3 Å². The quantitative estimate of drug-likeness (QED) is 0.625. The molecule has 1 aromatic heterocycles. The maximum atomic E-state index is 11.8. The van der Waals surface area contributed by atoms with Gasteiger partial charge in [-0.15, -0.1) is 10.2 Å². The minimum atomic E-state index is -2.44. The molecule has 1 heterocycles. The predicted octanol–water partition coefficient (Wildman–Crippen LogP) is 0.487. The van der Waals surface area contributed by atoms with E-state index in [0.29, 0.717) is 12.1 Å². The predicted molar refractivity (Wildman–Crippen MR) is 69.4 cm³/mol. The van der Waals surface area contributed by atoms with E-state index in [-0.39, 0.29) is 15.4 Å². The number of carbonyl (C=O) groups excluding carboxylic acids is 1. The summed E-state index contributed by atoms with van der Waals surface area (Å²) in [5.74, 6) is -0.386. The van der Waals surface area contributed by atoms with Gasteiger partial charge in [0.15, 0.2) is 4.34 Å². The van der Waals surface area contributed by atoms with Gasteiger partial charge in [-0.2, -0.15) is 0 Å². The number of carbonyl (C=O) groups is 1. The molecular formula is C10H9N4O3S2-. The van der Waals surface area contributed by atoms with Gasteiger partial charge in [-0.3, -0.25) is 14.3 Å². The molecule has 9 heteroatoms. The third-order valence-corrected chi connectivity index (χ3v) is 3.88. The van der Waals surface area contributed by atoms with Gasteiger partial charge in [0.25, 0.3) is 5.91 Å². The van der Waals surface area contributed by atoms with Crippen molar-refractivity contribution in [1.29, 1.82) is 0 Å². The zero-order valence-corrected chi connectivity index (χ0v) is 11.2. The van der Waals surface area contributed by atoms with Gasteiger partial charge in [-0.25, -0.2) is 0 Å². The SMILES string of the molecule is NCc1ccc(C(=O)Nc2nnc(S(=O)[O-])s2)cc1. The Hall–Kier alpha value is -1.68. The van der Waals surface area contributed by atoms with Gasteiger partial charge in [-0.05, 0) is 17.7 Å². The van der Waals surface area contributed by atoms with Crippen molar-refractivity contribution in [3.05, 3.63) is 35.4 Å². The molecular weight excluding hydrogens is 288 g/mol. The van der Waals surface area contributed by atoms with Crippen LogP contribution in [0.5, 0.6) is 0 Å². The normalized spacial score (nSPS) is 12.1. The lowest BCUT2D eigenvalue weighted by Crippen LogP contribution is -2.11. The molecule has 1 amide bonds. The monoisotopic (exact) mass is 297 g/mol. The summed E-state index contributed by atoms with van der Waals surface area (Å²) in [4.78, 5) is 11.8. The van der Waals surface area contributed by atoms with Crippen LogP contribution in [-0.2, 0) is 17.6 Å². The highest BCUT2D eigenvalue weighted by Crippen LogP contribution is 2.18. The molecule has 0 radical (unpaired) electrons. The summed E-state index contributed by atoms with van der Waals surface area (Å²) < 4.78 is 21.1. The fourth-order valence-corrected chi connectivity index (χ4v) is 2.38. The number of benzene rings is 1. The number of hydrogen-bond acceptors (Lipinski definition) is 7. The Morgan fingerprint density at radius 2 is 2.05 bits per heavy atom. The highest BCUT2D eigenvalue weighted by atomic mass is 32.2. The van der Waals surface area contributed by atoms with Crippen molar-refractivity contribution in [2.24, 2.45) is 5.73 Å². The topological polar surface area (TPSA) is 121 Å². The largest absolute Gasteiger partial charge is 0.767 e. The van der Waals surface area contributed by atoms with Gasteiger partial charge in [-0.1, -0.05) is 23.5 Å². The molecule has 2 rings (SSSR count). The fourth-order valence-electron chi connectivity index (χ4n) is 1.29. The lowest BCUT2D eigenvalue weighted by Gasteiger charge is -2.02. The summed E-state index contributed by atoms with van der Waals surface area (Å²) in [6.07, 6.45) is 0. The maximum absolute atomic E-state index is 11.8. The Morgan fingerprint density at radius 1 is 1.37 bits per heavy atom. The molecule has 0 bridgehead atoms. The van der Waals surface area contributed by atoms with E-state index in [1.165, 1.54) is 0 Å². The van der Waals surface area contributed by atoms with Crippen molar-refractivity contribution in [2.45, 2.75) is 10.9 Å². The fraction of sp³-hybridized carbons (Fsp3) is 0.100. The van der Waals surface area contributed by atoms with Crippen LogP contribution in [0, 0.1) is 0 Å². The second kappa shape index (κ2) is 5.97. The Bertz CT molecular complexity index is 611. The van der Waals surface area contributed by atoms with Gasteiger partial charge >= 0.3 is 0 Å². The summed E-state index contributed by atoms with van der Waals surface area (Å²) in [5, 5.41) is 9.58. The van der Waals surface area contributed by atoms with E-state index in [0.717, 1.165) is 16.9 Å². The van der Waals surface area contributed by atoms with E-state index in [9.17, 15) is 13.6 Å². The molecule has 0 spiro atoms. The summed E-state index contributed by atoms with van der Waals surface area (Å²) in [5.41, 5.74) is 6.80. The van der Waals surface area contributed by atoms with Crippen LogP contribution in [0.1, 0.15) is 15.9 Å².